The molecule has 0 aliphatic heterocycles. The van der Waals surface area contributed by atoms with Crippen LogP contribution in [0.5, 0.6) is 0 Å². The zero-order chi connectivity index (χ0) is 17.5. The molecule has 1 unspecified atom stereocenters. The number of carboxylic acid groups (broad SMARTS) is 1. The SMILES string of the molecule is CCc1cccc(-c2c(Cl)cccc2C(O)CCCNC(=O)O)c1. The number of benzene rings is 2. The average Bonchev–Trinajstić information content (AvgIpc) is 2.58. The molecule has 0 aliphatic carbocycles. The predicted octanol–water partition coefficient (Wildman–Crippen LogP) is 4.65. The summed E-state index contributed by atoms with van der Waals surface area (Å²) in [5.74, 6) is 0. The van der Waals surface area contributed by atoms with Crippen LogP contribution in [0.3, 0.4) is 0 Å². The lowest BCUT2D eigenvalue weighted by atomic mass is 9.93. The monoisotopic (exact) mass is 347 g/mol. The van der Waals surface area contributed by atoms with Crippen molar-refractivity contribution in [3.8, 4) is 11.1 Å². The van der Waals surface area contributed by atoms with Crippen LogP contribution in [0.1, 0.15) is 37.0 Å². The molecule has 0 aromatic heterocycles. The summed E-state index contributed by atoms with van der Waals surface area (Å²) in [4.78, 5) is 10.5. The first-order chi connectivity index (χ1) is 11.5. The van der Waals surface area contributed by atoms with Crippen molar-refractivity contribution < 1.29 is 15.0 Å². The smallest absolute Gasteiger partial charge is 0.404 e. The van der Waals surface area contributed by atoms with Crippen LogP contribution in [0.2, 0.25) is 5.02 Å². The third kappa shape index (κ3) is 4.73. The molecule has 1 amide bonds. The number of carbonyl (C=O) groups is 1. The average molecular weight is 348 g/mol. The van der Waals surface area contributed by atoms with E-state index in [1.807, 2.05) is 30.3 Å². The first kappa shape index (κ1) is 18.3. The van der Waals surface area contributed by atoms with Gasteiger partial charge in [-0.3, -0.25) is 0 Å². The van der Waals surface area contributed by atoms with Crippen molar-refractivity contribution in [2.24, 2.45) is 0 Å². The Morgan fingerprint density at radius 2 is 2.00 bits per heavy atom. The van der Waals surface area contributed by atoms with Crippen LogP contribution in [0.4, 0.5) is 4.79 Å². The van der Waals surface area contributed by atoms with Gasteiger partial charge in [-0.15, -0.1) is 0 Å². The molecular weight excluding hydrogens is 326 g/mol. The van der Waals surface area contributed by atoms with Gasteiger partial charge in [-0.2, -0.15) is 0 Å². The Labute approximate surface area is 147 Å². The van der Waals surface area contributed by atoms with Gasteiger partial charge in [-0.1, -0.05) is 54.9 Å². The van der Waals surface area contributed by atoms with E-state index in [4.69, 9.17) is 16.7 Å². The number of aliphatic hydroxyl groups excluding tert-OH is 1. The minimum atomic E-state index is -1.05. The molecule has 3 N–H and O–H groups in total. The maximum Gasteiger partial charge on any atom is 0.404 e. The van der Waals surface area contributed by atoms with Gasteiger partial charge >= 0.3 is 6.09 Å². The minimum Gasteiger partial charge on any atom is -0.465 e. The third-order valence-corrected chi connectivity index (χ3v) is 4.27. The Morgan fingerprint density at radius 3 is 2.71 bits per heavy atom. The molecule has 0 saturated carbocycles. The summed E-state index contributed by atoms with van der Waals surface area (Å²) in [6, 6.07) is 13.6. The van der Waals surface area contributed by atoms with E-state index in [2.05, 4.69) is 24.4 Å². The Kier molecular flexibility index (Phi) is 6.64. The van der Waals surface area contributed by atoms with Crippen molar-refractivity contribution in [3.05, 3.63) is 58.6 Å². The number of aryl methyl sites for hydroxylation is 1. The molecule has 2 aromatic carbocycles. The number of hydrogen-bond donors (Lipinski definition) is 3. The van der Waals surface area contributed by atoms with E-state index in [0.717, 1.165) is 23.1 Å². The number of hydrogen-bond acceptors (Lipinski definition) is 2. The number of halogens is 1. The fourth-order valence-electron chi connectivity index (χ4n) is 2.72. The highest BCUT2D eigenvalue weighted by Crippen LogP contribution is 2.36. The molecule has 0 heterocycles. The summed E-state index contributed by atoms with van der Waals surface area (Å²) >= 11 is 6.41. The lowest BCUT2D eigenvalue weighted by Gasteiger charge is -2.18. The van der Waals surface area contributed by atoms with E-state index in [1.165, 1.54) is 5.56 Å². The normalized spacial score (nSPS) is 12.0. The highest BCUT2D eigenvalue weighted by Gasteiger charge is 2.16. The van der Waals surface area contributed by atoms with Gasteiger partial charge in [0.1, 0.15) is 0 Å². The molecule has 2 aromatic rings. The van der Waals surface area contributed by atoms with E-state index in [9.17, 15) is 9.90 Å². The fourth-order valence-corrected chi connectivity index (χ4v) is 3.01. The van der Waals surface area contributed by atoms with E-state index in [-0.39, 0.29) is 0 Å². The molecule has 24 heavy (non-hydrogen) atoms. The van der Waals surface area contributed by atoms with E-state index in [0.29, 0.717) is 24.4 Å². The number of amides is 1. The largest absolute Gasteiger partial charge is 0.465 e. The van der Waals surface area contributed by atoms with Crippen molar-refractivity contribution in [2.45, 2.75) is 32.3 Å². The van der Waals surface area contributed by atoms with Crippen molar-refractivity contribution >= 4 is 17.7 Å². The maximum atomic E-state index is 10.5. The van der Waals surface area contributed by atoms with Gasteiger partial charge in [-0.05, 0) is 42.0 Å². The van der Waals surface area contributed by atoms with E-state index in [1.54, 1.807) is 0 Å². The van der Waals surface area contributed by atoms with Crippen LogP contribution in [-0.2, 0) is 6.42 Å². The molecule has 0 saturated heterocycles. The minimum absolute atomic E-state index is 0.313. The Morgan fingerprint density at radius 1 is 1.25 bits per heavy atom. The first-order valence-electron chi connectivity index (χ1n) is 8.05. The van der Waals surface area contributed by atoms with Gasteiger partial charge in [-0.25, -0.2) is 4.79 Å². The third-order valence-electron chi connectivity index (χ3n) is 3.96. The zero-order valence-electron chi connectivity index (χ0n) is 13.6. The summed E-state index contributed by atoms with van der Waals surface area (Å²) in [5.41, 5.74) is 3.80. The van der Waals surface area contributed by atoms with Crippen LogP contribution < -0.4 is 5.32 Å². The quantitative estimate of drug-likeness (QED) is 0.638. The van der Waals surface area contributed by atoms with Gasteiger partial charge in [0, 0.05) is 17.1 Å². The molecule has 0 aliphatic rings. The molecule has 5 heteroatoms. The molecule has 0 bridgehead atoms. The molecule has 1 atom stereocenters. The molecule has 0 fully saturated rings. The predicted molar refractivity (Wildman–Crippen MR) is 96.5 cm³/mol. The van der Waals surface area contributed by atoms with Crippen molar-refractivity contribution in [3.63, 3.8) is 0 Å². The van der Waals surface area contributed by atoms with Crippen LogP contribution in [0, 0.1) is 0 Å². The van der Waals surface area contributed by atoms with Crippen molar-refractivity contribution in [1.29, 1.82) is 0 Å². The summed E-state index contributed by atoms with van der Waals surface area (Å²) in [7, 11) is 0. The lowest BCUT2D eigenvalue weighted by Crippen LogP contribution is -2.22. The van der Waals surface area contributed by atoms with E-state index < -0.39 is 12.2 Å². The van der Waals surface area contributed by atoms with Gasteiger partial charge in [0.25, 0.3) is 0 Å². The van der Waals surface area contributed by atoms with Crippen LogP contribution in [0.25, 0.3) is 11.1 Å². The van der Waals surface area contributed by atoms with Gasteiger partial charge in [0.15, 0.2) is 0 Å². The molecule has 0 spiro atoms. The highest BCUT2D eigenvalue weighted by atomic mass is 35.5. The number of rotatable bonds is 7. The van der Waals surface area contributed by atoms with Crippen LogP contribution in [-0.4, -0.2) is 22.9 Å². The number of nitrogens with one attached hydrogen (secondary N) is 1. The molecule has 128 valence electrons. The first-order valence-corrected chi connectivity index (χ1v) is 8.43. The summed E-state index contributed by atoms with van der Waals surface area (Å²) < 4.78 is 0. The second-order valence-electron chi connectivity index (χ2n) is 5.65. The number of aliphatic hydroxyl groups is 1. The van der Waals surface area contributed by atoms with Gasteiger partial charge < -0.3 is 15.5 Å². The van der Waals surface area contributed by atoms with E-state index >= 15 is 0 Å². The Hall–Kier alpha value is -2.04. The van der Waals surface area contributed by atoms with Crippen LogP contribution >= 0.6 is 11.6 Å². The van der Waals surface area contributed by atoms with Gasteiger partial charge in [0.2, 0.25) is 0 Å². The lowest BCUT2D eigenvalue weighted by molar-refractivity contribution is 0.163. The Balaban J connectivity index is 2.24. The molecule has 4 nitrogen and oxygen atoms in total. The summed E-state index contributed by atoms with van der Waals surface area (Å²) in [6.45, 7) is 2.41. The molecule has 2 rings (SSSR count). The second kappa shape index (κ2) is 8.71. The van der Waals surface area contributed by atoms with Crippen molar-refractivity contribution in [2.75, 3.05) is 6.54 Å². The van der Waals surface area contributed by atoms with Gasteiger partial charge in [0.05, 0.1) is 6.10 Å². The highest BCUT2D eigenvalue weighted by molar-refractivity contribution is 6.33. The topological polar surface area (TPSA) is 69.6 Å². The standard InChI is InChI=1S/C19H22ClNO3/c1-2-13-6-3-7-14(12-13)18-15(8-4-9-16(18)20)17(22)10-5-11-21-19(23)24/h3-4,6-9,12,17,21-22H,2,5,10-11H2,1H3,(H,23,24). The summed E-state index contributed by atoms with van der Waals surface area (Å²) in [5, 5.41) is 22.0. The maximum absolute atomic E-state index is 10.5. The van der Waals surface area contributed by atoms with Crippen molar-refractivity contribution in [1.82, 2.24) is 5.32 Å². The zero-order valence-corrected chi connectivity index (χ0v) is 14.4. The second-order valence-corrected chi connectivity index (χ2v) is 6.06. The Bertz CT molecular complexity index is 703. The summed E-state index contributed by atoms with van der Waals surface area (Å²) in [6.07, 6.45) is 0.191. The molecule has 0 radical (unpaired) electrons. The van der Waals surface area contributed by atoms with Crippen LogP contribution in [0.15, 0.2) is 42.5 Å². The fraction of sp³-hybridized carbons (Fsp3) is 0.316. The molecular formula is C19H22ClNO3.